The summed E-state index contributed by atoms with van der Waals surface area (Å²) in [5.74, 6) is 0.638. The Hall–Kier alpha value is -1.88. The number of anilines is 1. The Bertz CT molecular complexity index is 409. The Balaban J connectivity index is 2.20. The van der Waals surface area contributed by atoms with E-state index in [1.165, 1.54) is 0 Å². The Kier molecular flexibility index (Phi) is 1.17. The first-order valence-corrected chi connectivity index (χ1v) is 3.97. The molecule has 5 nitrogen and oxygen atoms in total. The van der Waals surface area contributed by atoms with Crippen LogP contribution < -0.4 is 16.1 Å². The zero-order valence-electron chi connectivity index (χ0n) is 6.73. The summed E-state index contributed by atoms with van der Waals surface area (Å²) in [6.07, 6.45) is 1.80. The molecule has 0 saturated heterocycles. The van der Waals surface area contributed by atoms with Crippen LogP contribution in [0.1, 0.15) is 5.56 Å². The van der Waals surface area contributed by atoms with Crippen molar-refractivity contribution >= 4 is 17.9 Å². The second-order valence-corrected chi connectivity index (χ2v) is 2.79. The summed E-state index contributed by atoms with van der Waals surface area (Å²) in [5.41, 5.74) is 7.67. The van der Waals surface area contributed by atoms with Crippen LogP contribution in [0.4, 0.5) is 5.69 Å². The van der Waals surface area contributed by atoms with Crippen LogP contribution in [0.25, 0.3) is 0 Å². The molecule has 0 atom stereocenters. The van der Waals surface area contributed by atoms with Crippen LogP contribution in [0.15, 0.2) is 34.4 Å². The van der Waals surface area contributed by atoms with Gasteiger partial charge >= 0.3 is 0 Å². The minimum atomic E-state index is 0.638. The van der Waals surface area contributed by atoms with Gasteiger partial charge in [0.05, 0.1) is 5.69 Å². The smallest absolute Gasteiger partial charge is 0.222 e. The monoisotopic (exact) mass is 173 g/mol. The van der Waals surface area contributed by atoms with E-state index in [0.29, 0.717) is 5.96 Å². The molecule has 1 aromatic rings. The zero-order chi connectivity index (χ0) is 8.67. The summed E-state index contributed by atoms with van der Waals surface area (Å²) in [6.45, 7) is 0. The van der Waals surface area contributed by atoms with Crippen molar-refractivity contribution in [1.82, 2.24) is 11.1 Å². The number of para-hydroxylation sites is 1. The summed E-state index contributed by atoms with van der Waals surface area (Å²) in [6, 6.07) is 7.98. The second kappa shape index (κ2) is 2.30. The minimum absolute atomic E-state index is 0.638. The Morgan fingerprint density at radius 2 is 2.15 bits per heavy atom. The summed E-state index contributed by atoms with van der Waals surface area (Å²) in [7, 11) is 0. The highest BCUT2D eigenvalue weighted by molar-refractivity contribution is 6.10. The summed E-state index contributed by atoms with van der Waals surface area (Å²) < 4.78 is 0. The molecule has 0 saturated carbocycles. The molecule has 2 N–H and O–H groups in total. The van der Waals surface area contributed by atoms with Crippen LogP contribution >= 0.6 is 0 Å². The van der Waals surface area contributed by atoms with Crippen LogP contribution in [0, 0.1) is 0 Å². The lowest BCUT2D eigenvalue weighted by molar-refractivity contribution is 0.622. The van der Waals surface area contributed by atoms with E-state index in [1.807, 2.05) is 24.3 Å². The number of hydrazine groups is 2. The number of benzene rings is 1. The lowest BCUT2D eigenvalue weighted by atomic mass is 10.2. The first kappa shape index (κ1) is 6.62. The van der Waals surface area contributed by atoms with Crippen molar-refractivity contribution in [2.24, 2.45) is 10.1 Å². The van der Waals surface area contributed by atoms with Gasteiger partial charge in [0.25, 0.3) is 5.96 Å². The van der Waals surface area contributed by atoms with Crippen molar-refractivity contribution < 1.29 is 0 Å². The number of guanidine groups is 1. The van der Waals surface area contributed by atoms with Gasteiger partial charge in [-0.2, -0.15) is 0 Å². The predicted molar refractivity (Wildman–Crippen MR) is 50.2 cm³/mol. The first-order chi connectivity index (χ1) is 6.45. The molecule has 64 valence electrons. The number of nitrogens with zero attached hydrogens (tertiary/aromatic N) is 3. The third-order valence-corrected chi connectivity index (χ3v) is 2.01. The summed E-state index contributed by atoms with van der Waals surface area (Å²) in [4.78, 5) is 4.16. The van der Waals surface area contributed by atoms with Crippen molar-refractivity contribution in [2.45, 2.75) is 0 Å². The Morgan fingerprint density at radius 3 is 3.15 bits per heavy atom. The number of rotatable bonds is 0. The van der Waals surface area contributed by atoms with E-state index in [2.05, 4.69) is 21.2 Å². The SMILES string of the molecule is C1=NC2=NNNN2c2ccccc21. The number of nitrogens with one attached hydrogen (secondary N) is 2. The van der Waals surface area contributed by atoms with Crippen LogP contribution in [0.5, 0.6) is 0 Å². The molecule has 0 radical (unpaired) electrons. The fourth-order valence-electron chi connectivity index (χ4n) is 1.41. The largest absolute Gasteiger partial charge is 0.264 e. The molecule has 2 aliphatic rings. The maximum absolute atomic E-state index is 4.16. The number of hydrogen-bond acceptors (Lipinski definition) is 5. The van der Waals surface area contributed by atoms with Crippen molar-refractivity contribution in [3.8, 4) is 0 Å². The van der Waals surface area contributed by atoms with Gasteiger partial charge in [-0.3, -0.25) is 0 Å². The summed E-state index contributed by atoms with van der Waals surface area (Å²) in [5, 5.41) is 5.74. The first-order valence-electron chi connectivity index (χ1n) is 3.97. The predicted octanol–water partition coefficient (Wildman–Crippen LogP) is 0.219. The molecular formula is C8H7N5. The molecule has 0 amide bonds. The van der Waals surface area contributed by atoms with Gasteiger partial charge in [-0.1, -0.05) is 18.2 Å². The van der Waals surface area contributed by atoms with Crippen LogP contribution in [0.3, 0.4) is 0 Å². The van der Waals surface area contributed by atoms with Gasteiger partial charge in [-0.15, -0.1) is 10.6 Å². The Labute approximate surface area is 74.7 Å². The van der Waals surface area contributed by atoms with Gasteiger partial charge in [0.15, 0.2) is 0 Å². The fourth-order valence-corrected chi connectivity index (χ4v) is 1.41. The van der Waals surface area contributed by atoms with E-state index < -0.39 is 0 Å². The lowest BCUT2D eigenvalue weighted by Crippen LogP contribution is -2.42. The highest BCUT2D eigenvalue weighted by atomic mass is 15.8. The maximum atomic E-state index is 4.16. The van der Waals surface area contributed by atoms with E-state index in [1.54, 1.807) is 11.2 Å². The number of aliphatic imine (C=N–C) groups is 1. The molecular weight excluding hydrogens is 166 g/mol. The van der Waals surface area contributed by atoms with Crippen LogP contribution in [0.2, 0.25) is 0 Å². The van der Waals surface area contributed by atoms with Crippen molar-refractivity contribution in [3.05, 3.63) is 29.8 Å². The van der Waals surface area contributed by atoms with Gasteiger partial charge < -0.3 is 0 Å². The normalized spacial score (nSPS) is 17.5. The van der Waals surface area contributed by atoms with Crippen molar-refractivity contribution in [2.75, 3.05) is 5.01 Å². The summed E-state index contributed by atoms with van der Waals surface area (Å²) >= 11 is 0. The molecule has 1 aromatic carbocycles. The molecule has 3 rings (SSSR count). The van der Waals surface area contributed by atoms with E-state index in [0.717, 1.165) is 11.3 Å². The molecule has 0 unspecified atom stereocenters. The van der Waals surface area contributed by atoms with E-state index >= 15 is 0 Å². The van der Waals surface area contributed by atoms with Gasteiger partial charge in [-0.25, -0.2) is 15.5 Å². The molecule has 0 aliphatic carbocycles. The molecule has 0 fully saturated rings. The molecule has 2 heterocycles. The van der Waals surface area contributed by atoms with Gasteiger partial charge in [0.1, 0.15) is 0 Å². The van der Waals surface area contributed by atoms with Crippen molar-refractivity contribution in [3.63, 3.8) is 0 Å². The molecule has 5 heteroatoms. The highest BCUT2D eigenvalue weighted by Crippen LogP contribution is 2.21. The second-order valence-electron chi connectivity index (χ2n) is 2.79. The molecule has 0 bridgehead atoms. The number of hydrazone groups is 1. The van der Waals surface area contributed by atoms with Gasteiger partial charge in [-0.05, 0) is 6.07 Å². The molecule has 0 aromatic heterocycles. The standard InChI is InChI=1S/C8H7N5/c1-2-4-7-6(3-1)5-9-8-10-11-12-13(7)8/h1-5,11-12H. The highest BCUT2D eigenvalue weighted by Gasteiger charge is 2.22. The van der Waals surface area contributed by atoms with Crippen LogP contribution in [-0.4, -0.2) is 12.2 Å². The minimum Gasteiger partial charge on any atom is -0.222 e. The molecule has 0 spiro atoms. The van der Waals surface area contributed by atoms with E-state index in [-0.39, 0.29) is 0 Å². The third kappa shape index (κ3) is 0.844. The zero-order valence-corrected chi connectivity index (χ0v) is 6.73. The van der Waals surface area contributed by atoms with Gasteiger partial charge in [0, 0.05) is 11.8 Å². The number of hydrogen-bond donors (Lipinski definition) is 2. The fraction of sp³-hybridized carbons (Fsp3) is 0. The quantitative estimate of drug-likeness (QED) is 0.590. The van der Waals surface area contributed by atoms with E-state index in [9.17, 15) is 0 Å². The third-order valence-electron chi connectivity index (χ3n) is 2.01. The molecule has 13 heavy (non-hydrogen) atoms. The van der Waals surface area contributed by atoms with Crippen molar-refractivity contribution in [1.29, 1.82) is 0 Å². The maximum Gasteiger partial charge on any atom is 0.264 e. The Morgan fingerprint density at radius 1 is 1.23 bits per heavy atom. The average Bonchev–Trinajstić information content (AvgIpc) is 2.65. The average molecular weight is 173 g/mol. The van der Waals surface area contributed by atoms with Gasteiger partial charge in [0.2, 0.25) is 0 Å². The topological polar surface area (TPSA) is 52.0 Å². The van der Waals surface area contributed by atoms with Crippen LogP contribution in [-0.2, 0) is 0 Å². The number of fused-ring (bicyclic) bond motifs is 3. The molecule has 2 aliphatic heterocycles. The lowest BCUT2D eigenvalue weighted by Gasteiger charge is -2.21. The van der Waals surface area contributed by atoms with E-state index in [4.69, 9.17) is 0 Å².